The van der Waals surface area contributed by atoms with E-state index in [1.807, 2.05) is 30.3 Å². The lowest BCUT2D eigenvalue weighted by Gasteiger charge is -2.15. The first-order chi connectivity index (χ1) is 15.0. The van der Waals surface area contributed by atoms with E-state index in [2.05, 4.69) is 9.97 Å². The van der Waals surface area contributed by atoms with Crippen LogP contribution in [0.2, 0.25) is 5.02 Å². The Morgan fingerprint density at radius 1 is 1.00 bits per heavy atom. The molecule has 5 nitrogen and oxygen atoms in total. The number of fused-ring (bicyclic) bond motifs is 1. The number of carbonyl (C=O) groups is 1. The van der Waals surface area contributed by atoms with E-state index in [0.29, 0.717) is 27.1 Å². The molecule has 0 fully saturated rings. The van der Waals surface area contributed by atoms with Gasteiger partial charge in [-0.05, 0) is 48.4 Å². The number of nitrogens with zero attached hydrogens (tertiary/aromatic N) is 1. The Morgan fingerprint density at radius 3 is 2.42 bits per heavy atom. The molecule has 4 rings (SSSR count). The van der Waals surface area contributed by atoms with Crippen molar-refractivity contribution in [1.29, 1.82) is 0 Å². The van der Waals surface area contributed by atoms with Crippen LogP contribution in [-0.2, 0) is 9.53 Å². The number of hydrogen-bond donors (Lipinski definition) is 1. The topological polar surface area (TPSA) is 72.0 Å². The summed E-state index contributed by atoms with van der Waals surface area (Å²) in [4.78, 5) is 32.6. The molecule has 3 aromatic carbocycles. The fourth-order valence-corrected chi connectivity index (χ4v) is 3.31. The third kappa shape index (κ3) is 4.73. The summed E-state index contributed by atoms with van der Waals surface area (Å²) >= 11 is 6.01. The summed E-state index contributed by atoms with van der Waals surface area (Å²) in [5.74, 6) is -0.248. The Labute approximate surface area is 184 Å². The number of aromatic nitrogens is 2. The van der Waals surface area contributed by atoms with E-state index in [-0.39, 0.29) is 11.4 Å². The van der Waals surface area contributed by atoms with E-state index in [9.17, 15) is 9.59 Å². The zero-order valence-corrected chi connectivity index (χ0v) is 17.5. The molecule has 154 valence electrons. The monoisotopic (exact) mass is 430 g/mol. The van der Waals surface area contributed by atoms with Gasteiger partial charge < -0.3 is 9.72 Å². The Morgan fingerprint density at radius 2 is 1.68 bits per heavy atom. The molecule has 1 unspecified atom stereocenters. The van der Waals surface area contributed by atoms with Crippen LogP contribution in [0, 0.1) is 0 Å². The fourth-order valence-electron chi connectivity index (χ4n) is 3.18. The minimum absolute atomic E-state index is 0.277. The van der Waals surface area contributed by atoms with Crippen molar-refractivity contribution in [2.24, 2.45) is 0 Å². The van der Waals surface area contributed by atoms with Gasteiger partial charge >= 0.3 is 5.97 Å². The molecule has 0 aliphatic carbocycles. The second-order valence-electron chi connectivity index (χ2n) is 6.99. The van der Waals surface area contributed by atoms with E-state index in [4.69, 9.17) is 16.3 Å². The van der Waals surface area contributed by atoms with Crippen LogP contribution in [-0.4, -0.2) is 15.9 Å². The van der Waals surface area contributed by atoms with Gasteiger partial charge in [0, 0.05) is 5.02 Å². The largest absolute Gasteiger partial charge is 0.451 e. The summed E-state index contributed by atoms with van der Waals surface area (Å²) < 4.78 is 5.69. The highest BCUT2D eigenvalue weighted by Crippen LogP contribution is 2.25. The summed E-state index contributed by atoms with van der Waals surface area (Å²) in [6.45, 7) is 1.67. The molecule has 0 saturated carbocycles. The van der Waals surface area contributed by atoms with Crippen LogP contribution >= 0.6 is 11.6 Å². The zero-order chi connectivity index (χ0) is 21.8. The number of halogens is 1. The van der Waals surface area contributed by atoms with E-state index in [0.717, 1.165) is 5.56 Å². The third-order valence-electron chi connectivity index (χ3n) is 4.79. The molecule has 0 radical (unpaired) electrons. The van der Waals surface area contributed by atoms with Gasteiger partial charge in [-0.1, -0.05) is 66.2 Å². The van der Waals surface area contributed by atoms with Crippen LogP contribution in [0.25, 0.3) is 22.6 Å². The van der Waals surface area contributed by atoms with Gasteiger partial charge in [-0.2, -0.15) is 0 Å². The van der Waals surface area contributed by atoms with Crippen molar-refractivity contribution < 1.29 is 9.53 Å². The second-order valence-corrected chi connectivity index (χ2v) is 7.43. The normalized spacial score (nSPS) is 12.5. The van der Waals surface area contributed by atoms with Crippen LogP contribution in [0.3, 0.4) is 0 Å². The lowest BCUT2D eigenvalue weighted by molar-refractivity contribution is -0.141. The average Bonchev–Trinajstić information content (AvgIpc) is 2.79. The minimum atomic E-state index is -0.753. The van der Waals surface area contributed by atoms with Crippen molar-refractivity contribution in [2.75, 3.05) is 0 Å². The van der Waals surface area contributed by atoms with Gasteiger partial charge in [0.1, 0.15) is 0 Å². The maximum absolute atomic E-state index is 13.1. The molecule has 0 aliphatic rings. The number of H-pyrrole nitrogens is 1. The molecule has 0 amide bonds. The van der Waals surface area contributed by atoms with Gasteiger partial charge in [-0.15, -0.1) is 0 Å². The molecule has 0 bridgehead atoms. The van der Waals surface area contributed by atoms with Crippen LogP contribution in [0.1, 0.15) is 30.0 Å². The van der Waals surface area contributed by atoms with Crippen LogP contribution in [0.5, 0.6) is 0 Å². The lowest BCUT2D eigenvalue weighted by atomic mass is 10.0. The maximum Gasteiger partial charge on any atom is 0.339 e. The molecule has 6 heteroatoms. The van der Waals surface area contributed by atoms with Crippen molar-refractivity contribution in [1.82, 2.24) is 9.97 Å². The van der Waals surface area contributed by atoms with E-state index < -0.39 is 12.1 Å². The first-order valence-corrected chi connectivity index (χ1v) is 10.1. The summed E-state index contributed by atoms with van der Waals surface area (Å²) in [7, 11) is 0. The second kappa shape index (κ2) is 8.98. The molecular weight excluding hydrogens is 412 g/mol. The van der Waals surface area contributed by atoms with Crippen molar-refractivity contribution in [2.45, 2.75) is 13.0 Å². The molecule has 1 atom stereocenters. The Hall–Kier alpha value is -3.70. The predicted molar refractivity (Wildman–Crippen MR) is 123 cm³/mol. The summed E-state index contributed by atoms with van der Waals surface area (Å²) in [5.41, 5.74) is 2.17. The molecule has 4 aromatic rings. The zero-order valence-electron chi connectivity index (χ0n) is 16.7. The molecule has 0 spiro atoms. The smallest absolute Gasteiger partial charge is 0.339 e. The minimum Gasteiger partial charge on any atom is -0.451 e. The molecule has 1 aromatic heterocycles. The third-order valence-corrected chi connectivity index (χ3v) is 5.04. The van der Waals surface area contributed by atoms with Gasteiger partial charge in [0.2, 0.25) is 0 Å². The number of nitrogens with one attached hydrogen (secondary N) is 1. The van der Waals surface area contributed by atoms with Gasteiger partial charge in [0.25, 0.3) is 5.56 Å². The van der Waals surface area contributed by atoms with E-state index in [1.165, 1.54) is 0 Å². The van der Waals surface area contributed by atoms with Gasteiger partial charge in [0.05, 0.1) is 16.5 Å². The molecule has 0 saturated heterocycles. The van der Waals surface area contributed by atoms with Gasteiger partial charge in [-0.25, -0.2) is 9.78 Å². The number of aromatic amines is 1. The number of ether oxygens (including phenoxy) is 1. The van der Waals surface area contributed by atoms with Gasteiger partial charge in [0.15, 0.2) is 11.9 Å². The van der Waals surface area contributed by atoms with Crippen LogP contribution in [0.15, 0.2) is 83.7 Å². The highest BCUT2D eigenvalue weighted by molar-refractivity contribution is 6.30. The molecule has 1 heterocycles. The van der Waals surface area contributed by atoms with Crippen LogP contribution in [0.4, 0.5) is 0 Å². The summed E-state index contributed by atoms with van der Waals surface area (Å²) in [6, 6.07) is 23.5. The van der Waals surface area contributed by atoms with E-state index >= 15 is 0 Å². The highest BCUT2D eigenvalue weighted by Gasteiger charge is 2.20. The Bertz CT molecular complexity index is 1310. The SMILES string of the molecule is CC(OC(=O)/C(=C/c1ccccc1)c1ccc(Cl)cc1)c1nc2ccccc2c(=O)[nH]1. The maximum atomic E-state index is 13.1. The van der Waals surface area contributed by atoms with Crippen molar-refractivity contribution in [3.63, 3.8) is 0 Å². The summed E-state index contributed by atoms with van der Waals surface area (Å²) in [6.07, 6.45) is 1.01. The highest BCUT2D eigenvalue weighted by atomic mass is 35.5. The quantitative estimate of drug-likeness (QED) is 0.260. The molecule has 1 N–H and O–H groups in total. The summed E-state index contributed by atoms with van der Waals surface area (Å²) in [5, 5.41) is 1.05. The predicted octanol–water partition coefficient (Wildman–Crippen LogP) is 5.42. The van der Waals surface area contributed by atoms with Crippen LogP contribution < -0.4 is 5.56 Å². The first kappa shape index (κ1) is 20.6. The van der Waals surface area contributed by atoms with Crippen molar-refractivity contribution in [3.8, 4) is 0 Å². The fraction of sp³-hybridized carbons (Fsp3) is 0.0800. The Balaban J connectivity index is 1.66. The Kier molecular flexibility index (Phi) is 5.96. The standard InChI is InChI=1S/C25H19ClN2O3/c1-16(23-27-22-10-6-5-9-20(22)24(29)28-23)31-25(30)21(15-17-7-3-2-4-8-17)18-11-13-19(26)14-12-18/h2-16H,1H3,(H,27,28,29)/b21-15+. The number of hydrogen-bond acceptors (Lipinski definition) is 4. The number of para-hydroxylation sites is 1. The van der Waals surface area contributed by atoms with Crippen molar-refractivity contribution in [3.05, 3.63) is 111 Å². The number of benzene rings is 3. The average molecular weight is 431 g/mol. The lowest BCUT2D eigenvalue weighted by Crippen LogP contribution is -2.18. The molecule has 0 aliphatic heterocycles. The first-order valence-electron chi connectivity index (χ1n) is 9.74. The molecular formula is C25H19ClN2O3. The molecule has 31 heavy (non-hydrogen) atoms. The number of carbonyl (C=O) groups excluding carboxylic acids is 1. The van der Waals surface area contributed by atoms with Crippen molar-refractivity contribution >= 4 is 40.1 Å². The number of rotatable bonds is 5. The van der Waals surface area contributed by atoms with Gasteiger partial charge in [-0.3, -0.25) is 4.79 Å². The van der Waals surface area contributed by atoms with E-state index in [1.54, 1.807) is 61.5 Å². The number of esters is 1.